The molecule has 6 nitrogen and oxygen atoms in total. The van der Waals surface area contributed by atoms with Gasteiger partial charge < -0.3 is 14.8 Å². The maximum atomic E-state index is 12.8. The standard InChI is InChI=1S/C23H29NO5/c1-7-28-21(26)17-13-18(19(14(17)3)22(27)29-8-2)24-20(25)15-9-11-16(12-10-15)23(4,5)6/h9-12H,7-8,13H2,1-6H3,(H,24,25). The molecule has 6 heteroatoms. The average molecular weight is 399 g/mol. The van der Waals surface area contributed by atoms with Crippen molar-refractivity contribution in [2.24, 2.45) is 0 Å². The largest absolute Gasteiger partial charge is 0.463 e. The minimum atomic E-state index is -0.567. The van der Waals surface area contributed by atoms with Gasteiger partial charge in [-0.3, -0.25) is 4.79 Å². The van der Waals surface area contributed by atoms with Crippen LogP contribution in [0.1, 0.15) is 63.9 Å². The van der Waals surface area contributed by atoms with E-state index in [1.165, 1.54) is 0 Å². The number of amides is 1. The number of hydrogen-bond donors (Lipinski definition) is 1. The first kappa shape index (κ1) is 22.4. The quantitative estimate of drug-likeness (QED) is 0.736. The van der Waals surface area contributed by atoms with Gasteiger partial charge in [0, 0.05) is 23.3 Å². The van der Waals surface area contributed by atoms with E-state index < -0.39 is 11.9 Å². The van der Waals surface area contributed by atoms with Crippen LogP contribution in [0.15, 0.2) is 46.7 Å². The number of benzene rings is 1. The Morgan fingerprint density at radius 1 is 0.966 bits per heavy atom. The molecule has 0 saturated carbocycles. The van der Waals surface area contributed by atoms with Crippen molar-refractivity contribution in [1.82, 2.24) is 5.32 Å². The number of ether oxygens (including phenoxy) is 2. The summed E-state index contributed by atoms with van der Waals surface area (Å²) in [7, 11) is 0. The van der Waals surface area contributed by atoms with Crippen molar-refractivity contribution < 1.29 is 23.9 Å². The van der Waals surface area contributed by atoms with Gasteiger partial charge in [-0.25, -0.2) is 9.59 Å². The van der Waals surface area contributed by atoms with Crippen LogP contribution >= 0.6 is 0 Å². The SMILES string of the molecule is CCOC(=O)C1=C(C)C(C(=O)OCC)=C(NC(=O)c2ccc(C(C)(C)C)cc2)C1. The van der Waals surface area contributed by atoms with Gasteiger partial charge in [-0.05, 0) is 49.5 Å². The molecular weight excluding hydrogens is 370 g/mol. The molecule has 1 N–H and O–H groups in total. The topological polar surface area (TPSA) is 81.7 Å². The van der Waals surface area contributed by atoms with Crippen molar-refractivity contribution in [3.63, 3.8) is 0 Å². The minimum Gasteiger partial charge on any atom is -0.463 e. The maximum absolute atomic E-state index is 12.8. The second-order valence-electron chi connectivity index (χ2n) is 7.86. The van der Waals surface area contributed by atoms with Gasteiger partial charge >= 0.3 is 11.9 Å². The fraction of sp³-hybridized carbons (Fsp3) is 0.435. The summed E-state index contributed by atoms with van der Waals surface area (Å²) >= 11 is 0. The van der Waals surface area contributed by atoms with Crippen molar-refractivity contribution in [3.05, 3.63) is 57.8 Å². The highest BCUT2D eigenvalue weighted by atomic mass is 16.5. The molecule has 0 heterocycles. The first-order valence-corrected chi connectivity index (χ1v) is 9.79. The molecule has 0 aromatic heterocycles. The summed E-state index contributed by atoms with van der Waals surface area (Å²) in [5.74, 6) is -1.41. The Kier molecular flexibility index (Phi) is 7.01. The third-order valence-corrected chi connectivity index (χ3v) is 4.76. The average Bonchev–Trinajstić information content (AvgIpc) is 2.97. The van der Waals surface area contributed by atoms with Crippen LogP contribution in [0.5, 0.6) is 0 Å². The molecule has 0 radical (unpaired) electrons. The van der Waals surface area contributed by atoms with Crippen LogP contribution in [-0.4, -0.2) is 31.1 Å². The summed E-state index contributed by atoms with van der Waals surface area (Å²) in [4.78, 5) is 37.5. The highest BCUT2D eigenvalue weighted by molar-refractivity contribution is 6.04. The maximum Gasteiger partial charge on any atom is 0.340 e. The summed E-state index contributed by atoms with van der Waals surface area (Å²) in [6.07, 6.45) is 0.116. The molecule has 1 aliphatic rings. The Labute approximate surface area is 172 Å². The molecule has 0 saturated heterocycles. The summed E-state index contributed by atoms with van der Waals surface area (Å²) < 4.78 is 10.2. The second kappa shape index (κ2) is 9.07. The van der Waals surface area contributed by atoms with Gasteiger partial charge in [-0.1, -0.05) is 32.9 Å². The number of carbonyl (C=O) groups excluding carboxylic acids is 3. The lowest BCUT2D eigenvalue weighted by atomic mass is 9.86. The van der Waals surface area contributed by atoms with E-state index in [0.717, 1.165) is 5.56 Å². The first-order valence-electron chi connectivity index (χ1n) is 9.79. The Morgan fingerprint density at radius 2 is 1.52 bits per heavy atom. The lowest BCUT2D eigenvalue weighted by Gasteiger charge is -2.19. The number of esters is 2. The third-order valence-electron chi connectivity index (χ3n) is 4.76. The van der Waals surface area contributed by atoms with E-state index in [2.05, 4.69) is 26.1 Å². The number of rotatable bonds is 6. The van der Waals surface area contributed by atoms with Gasteiger partial charge in [0.15, 0.2) is 0 Å². The Balaban J connectivity index is 2.29. The molecule has 1 aromatic rings. The molecule has 0 aliphatic heterocycles. The summed E-state index contributed by atoms with van der Waals surface area (Å²) in [6, 6.07) is 7.33. The summed E-state index contributed by atoms with van der Waals surface area (Å²) in [5.41, 5.74) is 2.96. The lowest BCUT2D eigenvalue weighted by molar-refractivity contribution is -0.139. The summed E-state index contributed by atoms with van der Waals surface area (Å²) in [5, 5.41) is 2.79. The van der Waals surface area contributed by atoms with E-state index in [1.54, 1.807) is 32.9 Å². The number of nitrogens with one attached hydrogen (secondary N) is 1. The van der Waals surface area contributed by atoms with E-state index in [-0.39, 0.29) is 36.5 Å². The van der Waals surface area contributed by atoms with Crippen molar-refractivity contribution >= 4 is 17.8 Å². The molecule has 0 fully saturated rings. The van der Waals surface area contributed by atoms with Crippen molar-refractivity contribution in [2.45, 2.75) is 53.4 Å². The van der Waals surface area contributed by atoms with Gasteiger partial charge in [-0.15, -0.1) is 0 Å². The monoisotopic (exact) mass is 399 g/mol. The van der Waals surface area contributed by atoms with Crippen LogP contribution in [0.25, 0.3) is 0 Å². The predicted octanol–water partition coefficient (Wildman–Crippen LogP) is 3.81. The molecule has 29 heavy (non-hydrogen) atoms. The Morgan fingerprint density at radius 3 is 2.03 bits per heavy atom. The fourth-order valence-corrected chi connectivity index (χ4v) is 3.14. The first-order chi connectivity index (χ1) is 13.6. The zero-order valence-electron chi connectivity index (χ0n) is 18.0. The van der Waals surface area contributed by atoms with Crippen molar-refractivity contribution in [2.75, 3.05) is 13.2 Å². The Hall–Kier alpha value is -2.89. The molecule has 1 amide bonds. The number of carbonyl (C=O) groups is 3. The second-order valence-corrected chi connectivity index (χ2v) is 7.86. The molecule has 0 atom stereocenters. The van der Waals surface area contributed by atoms with Crippen molar-refractivity contribution in [3.8, 4) is 0 Å². The Bertz CT molecular complexity index is 870. The van der Waals surface area contributed by atoms with Crippen LogP contribution in [0, 0.1) is 0 Å². The van der Waals surface area contributed by atoms with Crippen LogP contribution in [0.4, 0.5) is 0 Å². The number of hydrogen-bond acceptors (Lipinski definition) is 5. The van der Waals surface area contributed by atoms with E-state index in [1.807, 2.05) is 12.1 Å². The van der Waals surface area contributed by atoms with Gasteiger partial charge in [0.25, 0.3) is 5.91 Å². The fourth-order valence-electron chi connectivity index (χ4n) is 3.14. The zero-order chi connectivity index (χ0) is 21.8. The van der Waals surface area contributed by atoms with Crippen molar-refractivity contribution in [1.29, 1.82) is 0 Å². The predicted molar refractivity (Wildman–Crippen MR) is 110 cm³/mol. The molecule has 2 rings (SSSR count). The van der Waals surface area contributed by atoms with Crippen LogP contribution < -0.4 is 5.32 Å². The molecule has 0 unspecified atom stereocenters. The molecule has 156 valence electrons. The van der Waals surface area contributed by atoms with E-state index in [4.69, 9.17) is 9.47 Å². The summed E-state index contributed by atoms with van der Waals surface area (Å²) in [6.45, 7) is 11.8. The normalized spacial score (nSPS) is 14.1. The lowest BCUT2D eigenvalue weighted by Crippen LogP contribution is -2.25. The molecule has 1 aliphatic carbocycles. The van der Waals surface area contributed by atoms with Gasteiger partial charge in [-0.2, -0.15) is 0 Å². The van der Waals surface area contributed by atoms with Crippen LogP contribution in [-0.2, 0) is 24.5 Å². The molecule has 1 aromatic carbocycles. The number of allylic oxidation sites excluding steroid dienone is 1. The van der Waals surface area contributed by atoms with E-state index in [0.29, 0.717) is 22.4 Å². The molecule has 0 bridgehead atoms. The highest BCUT2D eigenvalue weighted by Crippen LogP contribution is 2.33. The minimum absolute atomic E-state index is 0.0182. The highest BCUT2D eigenvalue weighted by Gasteiger charge is 2.32. The van der Waals surface area contributed by atoms with Crippen LogP contribution in [0.2, 0.25) is 0 Å². The zero-order valence-corrected chi connectivity index (χ0v) is 18.0. The smallest absolute Gasteiger partial charge is 0.340 e. The molecule has 0 spiro atoms. The van der Waals surface area contributed by atoms with Gasteiger partial charge in [0.1, 0.15) is 0 Å². The van der Waals surface area contributed by atoms with E-state index in [9.17, 15) is 14.4 Å². The third kappa shape index (κ3) is 5.13. The van der Waals surface area contributed by atoms with E-state index >= 15 is 0 Å². The van der Waals surface area contributed by atoms with Gasteiger partial charge in [0.05, 0.1) is 18.8 Å². The van der Waals surface area contributed by atoms with Crippen LogP contribution in [0.3, 0.4) is 0 Å². The van der Waals surface area contributed by atoms with Gasteiger partial charge in [0.2, 0.25) is 0 Å². The molecular formula is C23H29NO5.